The highest BCUT2D eigenvalue weighted by molar-refractivity contribution is 6.08. The van der Waals surface area contributed by atoms with Gasteiger partial charge in [0.2, 0.25) is 17.7 Å². The Hall–Kier alpha value is -1.65. The predicted molar refractivity (Wildman–Crippen MR) is 86.2 cm³/mol. The van der Waals surface area contributed by atoms with Crippen molar-refractivity contribution in [2.75, 3.05) is 19.6 Å². The second kappa shape index (κ2) is 6.46. The van der Waals surface area contributed by atoms with Crippen LogP contribution in [0.3, 0.4) is 0 Å². The van der Waals surface area contributed by atoms with E-state index in [1.807, 2.05) is 13.8 Å². The third kappa shape index (κ3) is 2.70. The third-order valence-corrected chi connectivity index (χ3v) is 5.48. The number of carbonyl (C=O) groups is 3. The number of imide groups is 1. The summed E-state index contributed by atoms with van der Waals surface area (Å²) in [7, 11) is 0. The molecule has 0 spiro atoms. The number of fused-ring (bicyclic) bond motifs is 1. The zero-order valence-corrected chi connectivity index (χ0v) is 14.0. The summed E-state index contributed by atoms with van der Waals surface area (Å²) in [6, 6.07) is 0. The number of nitrogens with zero attached hydrogens (tertiary/aromatic N) is 2. The van der Waals surface area contributed by atoms with Crippen LogP contribution >= 0.6 is 0 Å². The second-order valence-electron chi connectivity index (χ2n) is 6.98. The first-order valence-corrected chi connectivity index (χ1v) is 8.89. The van der Waals surface area contributed by atoms with Gasteiger partial charge in [0.1, 0.15) is 6.54 Å². The molecule has 0 N–H and O–H groups in total. The van der Waals surface area contributed by atoms with Crippen molar-refractivity contribution in [2.24, 2.45) is 23.7 Å². The highest BCUT2D eigenvalue weighted by Gasteiger charge is 2.56. The van der Waals surface area contributed by atoms with Gasteiger partial charge in [0.15, 0.2) is 0 Å². The van der Waals surface area contributed by atoms with E-state index in [1.54, 1.807) is 4.90 Å². The summed E-state index contributed by atoms with van der Waals surface area (Å²) in [6.45, 7) is 5.34. The van der Waals surface area contributed by atoms with E-state index in [0.717, 1.165) is 25.7 Å². The van der Waals surface area contributed by atoms with E-state index in [2.05, 4.69) is 12.2 Å². The molecule has 2 fully saturated rings. The van der Waals surface area contributed by atoms with Crippen molar-refractivity contribution in [2.45, 2.75) is 39.5 Å². The van der Waals surface area contributed by atoms with Crippen LogP contribution in [0.2, 0.25) is 0 Å². The second-order valence-corrected chi connectivity index (χ2v) is 6.98. The smallest absolute Gasteiger partial charge is 0.242 e. The molecular formula is C18H26N2O3. The highest BCUT2D eigenvalue weighted by Crippen LogP contribution is 2.49. The van der Waals surface area contributed by atoms with Crippen LogP contribution in [0.1, 0.15) is 39.5 Å². The fraction of sp³-hybridized carbons (Fsp3) is 0.722. The summed E-state index contributed by atoms with van der Waals surface area (Å²) >= 11 is 0. The molecule has 0 aromatic rings. The summed E-state index contributed by atoms with van der Waals surface area (Å²) in [5, 5.41) is 0. The summed E-state index contributed by atoms with van der Waals surface area (Å²) in [4.78, 5) is 41.0. The van der Waals surface area contributed by atoms with Crippen LogP contribution in [-0.4, -0.2) is 47.2 Å². The van der Waals surface area contributed by atoms with Gasteiger partial charge < -0.3 is 4.90 Å². The van der Waals surface area contributed by atoms with Gasteiger partial charge in [-0.25, -0.2) is 0 Å². The molecule has 5 heteroatoms. The summed E-state index contributed by atoms with van der Waals surface area (Å²) in [5.41, 5.74) is 0. The molecule has 4 rings (SSSR count). The Balaban J connectivity index is 1.73. The van der Waals surface area contributed by atoms with Gasteiger partial charge in [-0.3, -0.25) is 19.3 Å². The lowest BCUT2D eigenvalue weighted by atomic mass is 9.63. The Labute approximate surface area is 137 Å². The van der Waals surface area contributed by atoms with E-state index in [1.165, 1.54) is 4.90 Å². The van der Waals surface area contributed by atoms with Gasteiger partial charge in [-0.2, -0.15) is 0 Å². The number of allylic oxidation sites excluding steroid dienone is 2. The quantitative estimate of drug-likeness (QED) is 0.554. The molecule has 126 valence electrons. The molecule has 23 heavy (non-hydrogen) atoms. The highest BCUT2D eigenvalue weighted by atomic mass is 16.2. The number of carbonyl (C=O) groups excluding carboxylic acids is 3. The fourth-order valence-electron chi connectivity index (χ4n) is 4.43. The van der Waals surface area contributed by atoms with Gasteiger partial charge in [0.25, 0.3) is 0 Å². The molecule has 1 saturated carbocycles. The Kier molecular flexibility index (Phi) is 4.55. The summed E-state index contributed by atoms with van der Waals surface area (Å²) in [5.74, 6) is -0.419. The first-order chi connectivity index (χ1) is 11.1. The standard InChI is InChI=1S/C18H26N2O3/c1-3-9-19(10-4-2)14(21)11-20-17(22)15-12-5-6-13(8-7-12)16(15)18(20)23/h5-6,12-13,15-16H,3-4,7-11H2,1-2H3/t12-,13-,15+,16+/m0/s1. The molecule has 1 aliphatic heterocycles. The van der Waals surface area contributed by atoms with Gasteiger partial charge in [0, 0.05) is 13.1 Å². The van der Waals surface area contributed by atoms with Crippen molar-refractivity contribution >= 4 is 17.7 Å². The maximum absolute atomic E-state index is 12.7. The van der Waals surface area contributed by atoms with Gasteiger partial charge in [0.05, 0.1) is 11.8 Å². The Morgan fingerprint density at radius 1 is 1.04 bits per heavy atom. The minimum Gasteiger partial charge on any atom is -0.341 e. The first kappa shape index (κ1) is 16.2. The molecule has 0 aromatic carbocycles. The molecule has 1 saturated heterocycles. The number of hydrogen-bond donors (Lipinski definition) is 0. The predicted octanol–water partition coefficient (Wildman–Crippen LogP) is 1.83. The molecule has 0 radical (unpaired) electrons. The molecule has 1 heterocycles. The van der Waals surface area contributed by atoms with Crippen molar-refractivity contribution in [1.29, 1.82) is 0 Å². The zero-order chi connectivity index (χ0) is 16.6. The van der Waals surface area contributed by atoms with Gasteiger partial charge in [-0.1, -0.05) is 26.0 Å². The minimum absolute atomic E-state index is 0.0793. The summed E-state index contributed by atoms with van der Waals surface area (Å²) in [6.07, 6.45) is 7.94. The Bertz CT molecular complexity index is 504. The van der Waals surface area contributed by atoms with Crippen LogP contribution in [0.5, 0.6) is 0 Å². The number of amides is 3. The van der Waals surface area contributed by atoms with Gasteiger partial charge in [-0.15, -0.1) is 0 Å². The topological polar surface area (TPSA) is 57.7 Å². The van der Waals surface area contributed by atoms with Crippen LogP contribution < -0.4 is 0 Å². The molecule has 4 atom stereocenters. The van der Waals surface area contributed by atoms with Gasteiger partial charge >= 0.3 is 0 Å². The molecular weight excluding hydrogens is 292 g/mol. The van der Waals surface area contributed by atoms with Gasteiger partial charge in [-0.05, 0) is 37.5 Å². The first-order valence-electron chi connectivity index (χ1n) is 8.89. The van der Waals surface area contributed by atoms with E-state index < -0.39 is 0 Å². The van der Waals surface area contributed by atoms with Crippen LogP contribution in [0, 0.1) is 23.7 Å². The van der Waals surface area contributed by atoms with E-state index in [9.17, 15) is 14.4 Å². The SMILES string of the molecule is CCCN(CCC)C(=O)CN1C(=O)[C@H]2[C@H](C1=O)[C@H]1C=C[C@H]2CC1. The van der Waals surface area contributed by atoms with Crippen LogP contribution in [0.25, 0.3) is 0 Å². The number of hydrogen-bond acceptors (Lipinski definition) is 3. The molecule has 4 aliphatic rings. The van der Waals surface area contributed by atoms with Crippen LogP contribution in [0.4, 0.5) is 0 Å². The van der Waals surface area contributed by atoms with E-state index in [0.29, 0.717) is 13.1 Å². The average molecular weight is 318 g/mol. The van der Waals surface area contributed by atoms with Crippen LogP contribution in [0.15, 0.2) is 12.2 Å². The van der Waals surface area contributed by atoms with E-state index in [-0.39, 0.29) is 47.9 Å². The monoisotopic (exact) mass is 318 g/mol. The lowest BCUT2D eigenvalue weighted by Crippen LogP contribution is -2.44. The zero-order valence-electron chi connectivity index (χ0n) is 14.0. The molecule has 2 bridgehead atoms. The number of likely N-dealkylation sites (tertiary alicyclic amines) is 1. The summed E-state index contributed by atoms with van der Waals surface area (Å²) < 4.78 is 0. The van der Waals surface area contributed by atoms with Crippen molar-refractivity contribution < 1.29 is 14.4 Å². The van der Waals surface area contributed by atoms with E-state index >= 15 is 0 Å². The largest absolute Gasteiger partial charge is 0.341 e. The Morgan fingerprint density at radius 3 is 1.91 bits per heavy atom. The fourth-order valence-corrected chi connectivity index (χ4v) is 4.43. The maximum atomic E-state index is 12.7. The molecule has 3 amide bonds. The number of rotatable bonds is 6. The van der Waals surface area contributed by atoms with E-state index in [4.69, 9.17) is 0 Å². The normalized spacial score (nSPS) is 31.7. The molecule has 3 aliphatic carbocycles. The molecule has 5 nitrogen and oxygen atoms in total. The lowest BCUT2D eigenvalue weighted by Gasteiger charge is -2.38. The van der Waals surface area contributed by atoms with Crippen molar-refractivity contribution in [1.82, 2.24) is 9.80 Å². The lowest BCUT2D eigenvalue weighted by molar-refractivity contribution is -0.146. The maximum Gasteiger partial charge on any atom is 0.242 e. The van der Waals surface area contributed by atoms with Crippen molar-refractivity contribution in [3.8, 4) is 0 Å². The third-order valence-electron chi connectivity index (χ3n) is 5.48. The van der Waals surface area contributed by atoms with Crippen LogP contribution in [-0.2, 0) is 14.4 Å². The molecule has 0 unspecified atom stereocenters. The average Bonchev–Trinajstić information content (AvgIpc) is 2.83. The minimum atomic E-state index is -0.218. The molecule has 0 aromatic heterocycles. The van der Waals surface area contributed by atoms with Crippen molar-refractivity contribution in [3.63, 3.8) is 0 Å². The van der Waals surface area contributed by atoms with Crippen molar-refractivity contribution in [3.05, 3.63) is 12.2 Å². The Morgan fingerprint density at radius 2 is 1.52 bits per heavy atom.